The van der Waals surface area contributed by atoms with E-state index in [1.165, 1.54) is 11.1 Å². The Hall–Kier alpha value is -1.02. The second-order valence-corrected chi connectivity index (χ2v) is 4.41. The van der Waals surface area contributed by atoms with Crippen LogP contribution in [-0.2, 0) is 6.42 Å². The molecule has 2 nitrogen and oxygen atoms in total. The van der Waals surface area contributed by atoms with E-state index in [0.29, 0.717) is 5.92 Å². The summed E-state index contributed by atoms with van der Waals surface area (Å²) in [4.78, 5) is 0. The fraction of sp³-hybridized carbons (Fsp3) is 0.538. The molecule has 0 aliphatic rings. The molecule has 2 N–H and O–H groups in total. The van der Waals surface area contributed by atoms with E-state index in [4.69, 9.17) is 10.5 Å². The number of methoxy groups -OCH3 is 1. The van der Waals surface area contributed by atoms with Crippen molar-refractivity contribution in [3.05, 3.63) is 29.3 Å². The van der Waals surface area contributed by atoms with Gasteiger partial charge < -0.3 is 10.5 Å². The van der Waals surface area contributed by atoms with Gasteiger partial charge in [-0.15, -0.1) is 0 Å². The van der Waals surface area contributed by atoms with Crippen LogP contribution >= 0.6 is 0 Å². The number of hydrogen-bond acceptors (Lipinski definition) is 2. The van der Waals surface area contributed by atoms with Crippen molar-refractivity contribution in [1.82, 2.24) is 0 Å². The van der Waals surface area contributed by atoms with Gasteiger partial charge in [-0.05, 0) is 36.5 Å². The average Bonchev–Trinajstić information content (AvgIpc) is 2.16. The van der Waals surface area contributed by atoms with Crippen LogP contribution < -0.4 is 10.5 Å². The van der Waals surface area contributed by atoms with Gasteiger partial charge in [0.05, 0.1) is 7.11 Å². The monoisotopic (exact) mass is 207 g/mol. The van der Waals surface area contributed by atoms with Gasteiger partial charge in [0.25, 0.3) is 0 Å². The molecule has 1 unspecified atom stereocenters. The summed E-state index contributed by atoms with van der Waals surface area (Å²) in [5, 5.41) is 0. The molecular weight excluding hydrogens is 186 g/mol. The van der Waals surface area contributed by atoms with Crippen molar-refractivity contribution in [2.75, 3.05) is 7.11 Å². The first-order valence-corrected chi connectivity index (χ1v) is 5.47. The van der Waals surface area contributed by atoms with Gasteiger partial charge in [0, 0.05) is 6.04 Å². The highest BCUT2D eigenvalue weighted by Crippen LogP contribution is 2.24. The van der Waals surface area contributed by atoms with Crippen molar-refractivity contribution in [2.45, 2.75) is 39.2 Å². The summed E-state index contributed by atoms with van der Waals surface area (Å²) >= 11 is 0. The van der Waals surface area contributed by atoms with Gasteiger partial charge in [-0.25, -0.2) is 0 Å². The predicted molar refractivity (Wildman–Crippen MR) is 64.4 cm³/mol. The molecule has 0 fully saturated rings. The molecule has 0 saturated carbocycles. The minimum atomic E-state index is 0.168. The first-order valence-electron chi connectivity index (χ1n) is 5.47. The van der Waals surface area contributed by atoms with Crippen LogP contribution in [0.2, 0.25) is 0 Å². The Bertz CT molecular complexity index is 318. The maximum atomic E-state index is 5.82. The van der Waals surface area contributed by atoms with E-state index < -0.39 is 0 Å². The molecule has 0 aliphatic heterocycles. The Morgan fingerprint density at radius 2 is 1.93 bits per heavy atom. The van der Waals surface area contributed by atoms with Gasteiger partial charge in [-0.1, -0.05) is 26.0 Å². The molecule has 0 spiro atoms. The number of nitrogens with two attached hydrogens (primary N) is 1. The Balaban J connectivity index is 3.02. The van der Waals surface area contributed by atoms with Gasteiger partial charge in [0.1, 0.15) is 5.75 Å². The quantitative estimate of drug-likeness (QED) is 0.824. The van der Waals surface area contributed by atoms with Crippen LogP contribution in [0.5, 0.6) is 5.75 Å². The third kappa shape index (κ3) is 3.24. The summed E-state index contributed by atoms with van der Waals surface area (Å²) in [6.07, 6.45) is 0.865. The molecule has 1 atom stereocenters. The highest BCUT2D eigenvalue weighted by molar-refractivity contribution is 5.38. The Labute approximate surface area is 92.4 Å². The standard InChI is InChI=1S/C13H21NO/c1-9(2)11-5-6-13(15-4)12(8-11)7-10(3)14/h5-6,8-10H,7,14H2,1-4H3. The summed E-state index contributed by atoms with van der Waals surface area (Å²) in [7, 11) is 1.70. The van der Waals surface area contributed by atoms with Crippen LogP contribution in [0, 0.1) is 0 Å². The van der Waals surface area contributed by atoms with Crippen molar-refractivity contribution in [1.29, 1.82) is 0 Å². The molecule has 0 radical (unpaired) electrons. The topological polar surface area (TPSA) is 35.2 Å². The smallest absolute Gasteiger partial charge is 0.122 e. The van der Waals surface area contributed by atoms with E-state index in [0.717, 1.165) is 12.2 Å². The Morgan fingerprint density at radius 3 is 2.40 bits per heavy atom. The van der Waals surface area contributed by atoms with Crippen molar-refractivity contribution in [3.8, 4) is 5.75 Å². The predicted octanol–water partition coefficient (Wildman–Crippen LogP) is 2.71. The zero-order chi connectivity index (χ0) is 11.4. The zero-order valence-corrected chi connectivity index (χ0v) is 10.1. The summed E-state index contributed by atoms with van der Waals surface area (Å²) in [5.41, 5.74) is 8.37. The maximum Gasteiger partial charge on any atom is 0.122 e. The number of hydrogen-bond donors (Lipinski definition) is 1. The van der Waals surface area contributed by atoms with Crippen LogP contribution in [0.25, 0.3) is 0 Å². The third-order valence-electron chi connectivity index (χ3n) is 2.51. The highest BCUT2D eigenvalue weighted by atomic mass is 16.5. The zero-order valence-electron chi connectivity index (χ0n) is 10.1. The van der Waals surface area contributed by atoms with Crippen LogP contribution in [0.3, 0.4) is 0 Å². The molecular formula is C13H21NO. The van der Waals surface area contributed by atoms with Crippen LogP contribution in [-0.4, -0.2) is 13.2 Å². The fourth-order valence-electron chi connectivity index (χ4n) is 1.66. The summed E-state index contributed by atoms with van der Waals surface area (Å²) in [6, 6.07) is 6.52. The molecule has 1 aromatic carbocycles. The average molecular weight is 207 g/mol. The fourth-order valence-corrected chi connectivity index (χ4v) is 1.66. The molecule has 0 amide bonds. The lowest BCUT2D eigenvalue weighted by molar-refractivity contribution is 0.408. The number of benzene rings is 1. The van der Waals surface area contributed by atoms with Crippen LogP contribution in [0.1, 0.15) is 37.8 Å². The lowest BCUT2D eigenvalue weighted by atomic mass is 9.97. The van der Waals surface area contributed by atoms with Crippen molar-refractivity contribution >= 4 is 0 Å². The van der Waals surface area contributed by atoms with E-state index in [1.54, 1.807) is 7.11 Å². The molecule has 0 aliphatic carbocycles. The first-order chi connectivity index (χ1) is 7.04. The lowest BCUT2D eigenvalue weighted by Crippen LogP contribution is -2.18. The van der Waals surface area contributed by atoms with Crippen molar-refractivity contribution in [3.63, 3.8) is 0 Å². The second kappa shape index (κ2) is 5.17. The molecule has 1 aromatic rings. The first kappa shape index (κ1) is 12.1. The SMILES string of the molecule is COc1ccc(C(C)C)cc1CC(C)N. The molecule has 1 rings (SSSR count). The largest absolute Gasteiger partial charge is 0.496 e. The van der Waals surface area contributed by atoms with E-state index in [9.17, 15) is 0 Å². The Kier molecular flexibility index (Phi) is 4.15. The second-order valence-electron chi connectivity index (χ2n) is 4.41. The van der Waals surface area contributed by atoms with Crippen molar-refractivity contribution in [2.24, 2.45) is 5.73 Å². The van der Waals surface area contributed by atoms with Gasteiger partial charge in [0.15, 0.2) is 0 Å². The highest BCUT2D eigenvalue weighted by Gasteiger charge is 2.08. The minimum absolute atomic E-state index is 0.168. The number of rotatable bonds is 4. The lowest BCUT2D eigenvalue weighted by Gasteiger charge is -2.14. The molecule has 0 heterocycles. The normalized spacial score (nSPS) is 12.9. The van der Waals surface area contributed by atoms with Crippen LogP contribution in [0.4, 0.5) is 0 Å². The summed E-state index contributed by atoms with van der Waals surface area (Å²) < 4.78 is 5.33. The van der Waals surface area contributed by atoms with E-state index >= 15 is 0 Å². The minimum Gasteiger partial charge on any atom is -0.496 e. The molecule has 0 bridgehead atoms. The van der Waals surface area contributed by atoms with E-state index in [-0.39, 0.29) is 6.04 Å². The van der Waals surface area contributed by atoms with Crippen LogP contribution in [0.15, 0.2) is 18.2 Å². The van der Waals surface area contributed by atoms with Gasteiger partial charge in [-0.3, -0.25) is 0 Å². The van der Waals surface area contributed by atoms with E-state index in [2.05, 4.69) is 26.0 Å². The molecule has 0 saturated heterocycles. The van der Waals surface area contributed by atoms with E-state index in [1.807, 2.05) is 13.0 Å². The summed E-state index contributed by atoms with van der Waals surface area (Å²) in [6.45, 7) is 6.40. The van der Waals surface area contributed by atoms with Crippen molar-refractivity contribution < 1.29 is 4.74 Å². The third-order valence-corrected chi connectivity index (χ3v) is 2.51. The molecule has 2 heteroatoms. The maximum absolute atomic E-state index is 5.82. The van der Waals surface area contributed by atoms with Gasteiger partial charge in [0.2, 0.25) is 0 Å². The molecule has 84 valence electrons. The molecule has 15 heavy (non-hydrogen) atoms. The van der Waals surface area contributed by atoms with Gasteiger partial charge in [-0.2, -0.15) is 0 Å². The molecule has 0 aromatic heterocycles. The summed E-state index contributed by atoms with van der Waals surface area (Å²) in [5.74, 6) is 1.49. The van der Waals surface area contributed by atoms with Gasteiger partial charge >= 0.3 is 0 Å². The Morgan fingerprint density at radius 1 is 1.27 bits per heavy atom. The number of ether oxygens (including phenoxy) is 1.